The fourth-order valence-electron chi connectivity index (χ4n) is 1.46. The van der Waals surface area contributed by atoms with E-state index in [9.17, 15) is 13.6 Å². The second-order valence-electron chi connectivity index (χ2n) is 2.99. The van der Waals surface area contributed by atoms with Gasteiger partial charge in [0.25, 0.3) is 5.91 Å². The molecule has 80 valence electrons. The van der Waals surface area contributed by atoms with Gasteiger partial charge in [0.05, 0.1) is 0 Å². The number of hydrogen-bond acceptors (Lipinski definition) is 2. The van der Waals surface area contributed by atoms with Crippen molar-refractivity contribution in [1.82, 2.24) is 5.32 Å². The molecule has 0 fully saturated rings. The van der Waals surface area contributed by atoms with Crippen molar-refractivity contribution in [2.45, 2.75) is 13.2 Å². The van der Waals surface area contributed by atoms with E-state index in [2.05, 4.69) is 26.0 Å². The Morgan fingerprint density at radius 2 is 2.20 bits per heavy atom. The van der Waals surface area contributed by atoms with Gasteiger partial charge in [0, 0.05) is 22.1 Å². The number of hydrogen-bond donors (Lipinski definition) is 1. The van der Waals surface area contributed by atoms with Crippen molar-refractivity contribution >= 4 is 21.8 Å². The zero-order chi connectivity index (χ0) is 11.0. The van der Waals surface area contributed by atoms with Gasteiger partial charge in [-0.05, 0) is 12.1 Å². The number of amides is 1. The summed E-state index contributed by atoms with van der Waals surface area (Å²) in [7, 11) is 0. The van der Waals surface area contributed by atoms with Crippen LogP contribution in [0.4, 0.5) is 8.78 Å². The molecule has 0 atom stereocenters. The van der Waals surface area contributed by atoms with Gasteiger partial charge in [0.2, 0.25) is 0 Å². The Balaban J connectivity index is 2.47. The molecule has 1 heterocycles. The first kappa shape index (κ1) is 10.4. The van der Waals surface area contributed by atoms with Crippen molar-refractivity contribution in [2.24, 2.45) is 0 Å². The van der Waals surface area contributed by atoms with Gasteiger partial charge < -0.3 is 10.1 Å². The van der Waals surface area contributed by atoms with Crippen molar-refractivity contribution in [3.8, 4) is 5.75 Å². The molecule has 1 aliphatic rings. The number of ether oxygens (including phenoxy) is 1. The standard InChI is InChI=1S/C9H6BrF2NO2/c10-4-1-5-6(3-13-8(5)14)7(2-4)15-9(11)12/h1-2,9H,3H2,(H,13,14). The predicted molar refractivity (Wildman–Crippen MR) is 51.9 cm³/mol. The van der Waals surface area contributed by atoms with Crippen LogP contribution in [0.15, 0.2) is 16.6 Å². The van der Waals surface area contributed by atoms with Crippen LogP contribution in [0.2, 0.25) is 0 Å². The molecule has 0 aliphatic carbocycles. The molecular weight excluding hydrogens is 272 g/mol. The summed E-state index contributed by atoms with van der Waals surface area (Å²) in [5.41, 5.74) is 0.850. The monoisotopic (exact) mass is 277 g/mol. The SMILES string of the molecule is O=C1NCc2c(OC(F)F)cc(Br)cc21. The molecule has 1 aromatic rings. The van der Waals surface area contributed by atoms with Crippen molar-refractivity contribution < 1.29 is 18.3 Å². The van der Waals surface area contributed by atoms with E-state index in [1.165, 1.54) is 6.07 Å². The van der Waals surface area contributed by atoms with Crippen molar-refractivity contribution in [1.29, 1.82) is 0 Å². The van der Waals surface area contributed by atoms with E-state index in [1.54, 1.807) is 6.07 Å². The third kappa shape index (κ3) is 1.94. The maximum atomic E-state index is 12.1. The van der Waals surface area contributed by atoms with Gasteiger partial charge in [0.1, 0.15) is 5.75 Å². The number of rotatable bonds is 2. The second kappa shape index (κ2) is 3.77. The fourth-order valence-corrected chi connectivity index (χ4v) is 1.90. The largest absolute Gasteiger partial charge is 0.434 e. The number of benzene rings is 1. The highest BCUT2D eigenvalue weighted by Crippen LogP contribution is 2.31. The van der Waals surface area contributed by atoms with E-state index in [0.717, 1.165) is 0 Å². The van der Waals surface area contributed by atoms with Crippen LogP contribution < -0.4 is 10.1 Å². The summed E-state index contributed by atoms with van der Waals surface area (Å²) in [5, 5.41) is 2.54. The molecular formula is C9H6BrF2NO2. The average molecular weight is 278 g/mol. The molecule has 1 amide bonds. The van der Waals surface area contributed by atoms with Crippen LogP contribution >= 0.6 is 15.9 Å². The van der Waals surface area contributed by atoms with Crippen LogP contribution in [0, 0.1) is 0 Å². The maximum Gasteiger partial charge on any atom is 0.387 e. The minimum absolute atomic E-state index is 0.0349. The van der Waals surface area contributed by atoms with Crippen LogP contribution in [-0.4, -0.2) is 12.5 Å². The third-order valence-corrected chi connectivity index (χ3v) is 2.52. The average Bonchev–Trinajstić information content (AvgIpc) is 2.47. The fraction of sp³-hybridized carbons (Fsp3) is 0.222. The number of fused-ring (bicyclic) bond motifs is 1. The summed E-state index contributed by atoms with van der Waals surface area (Å²) in [5.74, 6) is -0.238. The van der Waals surface area contributed by atoms with Crippen molar-refractivity contribution in [2.75, 3.05) is 0 Å². The Morgan fingerprint density at radius 1 is 1.47 bits per heavy atom. The molecule has 0 unspecified atom stereocenters. The van der Waals surface area contributed by atoms with E-state index in [-0.39, 0.29) is 18.2 Å². The molecule has 3 nitrogen and oxygen atoms in total. The molecule has 1 aromatic carbocycles. The predicted octanol–water partition coefficient (Wildman–Crippen LogP) is 2.29. The van der Waals surface area contributed by atoms with Gasteiger partial charge in [-0.2, -0.15) is 8.78 Å². The first-order valence-electron chi connectivity index (χ1n) is 4.13. The van der Waals surface area contributed by atoms with Crippen LogP contribution in [0.3, 0.4) is 0 Å². The molecule has 0 saturated heterocycles. The number of halogens is 3. The highest BCUT2D eigenvalue weighted by molar-refractivity contribution is 9.10. The summed E-state index contributed by atoms with van der Waals surface area (Å²) in [6.07, 6.45) is 0. The zero-order valence-corrected chi connectivity index (χ0v) is 8.98. The van der Waals surface area contributed by atoms with Crippen LogP contribution in [-0.2, 0) is 6.54 Å². The normalized spacial score (nSPS) is 14.0. The van der Waals surface area contributed by atoms with Crippen LogP contribution in [0.1, 0.15) is 15.9 Å². The zero-order valence-electron chi connectivity index (χ0n) is 7.39. The lowest BCUT2D eigenvalue weighted by Gasteiger charge is -2.08. The van der Waals surface area contributed by atoms with Gasteiger partial charge in [-0.1, -0.05) is 15.9 Å². The highest BCUT2D eigenvalue weighted by atomic mass is 79.9. The van der Waals surface area contributed by atoms with E-state index < -0.39 is 6.61 Å². The van der Waals surface area contributed by atoms with Crippen molar-refractivity contribution in [3.63, 3.8) is 0 Å². The summed E-state index contributed by atoms with van der Waals surface area (Å²) in [4.78, 5) is 11.3. The maximum absolute atomic E-state index is 12.1. The Bertz CT molecular complexity index is 423. The van der Waals surface area contributed by atoms with Gasteiger partial charge in [-0.15, -0.1) is 0 Å². The van der Waals surface area contributed by atoms with Crippen LogP contribution in [0.5, 0.6) is 5.75 Å². The van der Waals surface area contributed by atoms with E-state index >= 15 is 0 Å². The summed E-state index contributed by atoms with van der Waals surface area (Å²) >= 11 is 3.13. The summed E-state index contributed by atoms with van der Waals surface area (Å²) < 4.78 is 29.0. The van der Waals surface area contributed by atoms with E-state index in [0.29, 0.717) is 15.6 Å². The molecule has 1 N–H and O–H groups in total. The number of carbonyl (C=O) groups excluding carboxylic acids is 1. The summed E-state index contributed by atoms with van der Waals surface area (Å²) in [6, 6.07) is 3.00. The van der Waals surface area contributed by atoms with E-state index in [1.807, 2.05) is 0 Å². The van der Waals surface area contributed by atoms with Gasteiger partial charge in [-0.3, -0.25) is 4.79 Å². The molecule has 0 spiro atoms. The number of carbonyl (C=O) groups is 1. The van der Waals surface area contributed by atoms with Gasteiger partial charge in [0.15, 0.2) is 0 Å². The first-order chi connectivity index (χ1) is 7.08. The topological polar surface area (TPSA) is 38.3 Å². The Hall–Kier alpha value is -1.17. The molecule has 2 rings (SSSR count). The van der Waals surface area contributed by atoms with Gasteiger partial charge in [-0.25, -0.2) is 0 Å². The molecule has 6 heteroatoms. The third-order valence-electron chi connectivity index (χ3n) is 2.06. The quantitative estimate of drug-likeness (QED) is 0.901. The molecule has 0 radical (unpaired) electrons. The molecule has 0 saturated carbocycles. The molecule has 0 bridgehead atoms. The molecule has 15 heavy (non-hydrogen) atoms. The Labute approximate surface area is 92.5 Å². The van der Waals surface area contributed by atoms with Crippen LogP contribution in [0.25, 0.3) is 0 Å². The molecule has 1 aliphatic heterocycles. The lowest BCUT2D eigenvalue weighted by atomic mass is 10.1. The minimum atomic E-state index is -2.89. The lowest BCUT2D eigenvalue weighted by molar-refractivity contribution is -0.0504. The number of nitrogens with one attached hydrogen (secondary N) is 1. The van der Waals surface area contributed by atoms with Gasteiger partial charge >= 0.3 is 6.61 Å². The van der Waals surface area contributed by atoms with E-state index in [4.69, 9.17) is 0 Å². The first-order valence-corrected chi connectivity index (χ1v) is 4.92. The second-order valence-corrected chi connectivity index (χ2v) is 3.91. The highest BCUT2D eigenvalue weighted by Gasteiger charge is 2.24. The molecule has 0 aromatic heterocycles. The number of alkyl halides is 2. The Kier molecular flexibility index (Phi) is 2.60. The lowest BCUT2D eigenvalue weighted by Crippen LogP contribution is -2.12. The Morgan fingerprint density at radius 3 is 2.87 bits per heavy atom. The minimum Gasteiger partial charge on any atom is -0.434 e. The summed E-state index contributed by atoms with van der Waals surface area (Å²) in [6.45, 7) is -2.66. The van der Waals surface area contributed by atoms with Crippen molar-refractivity contribution in [3.05, 3.63) is 27.7 Å². The smallest absolute Gasteiger partial charge is 0.387 e.